The van der Waals surface area contributed by atoms with E-state index in [1.165, 1.54) is 19.1 Å². The van der Waals surface area contributed by atoms with Crippen LogP contribution in [-0.4, -0.2) is 10.7 Å². The average Bonchev–Trinajstić information content (AvgIpc) is 2.98. The first-order valence-corrected chi connectivity index (χ1v) is 4.93. The lowest BCUT2D eigenvalue weighted by atomic mass is 9.92. The van der Waals surface area contributed by atoms with Crippen molar-refractivity contribution in [2.45, 2.75) is 25.2 Å². The van der Waals surface area contributed by atoms with E-state index in [2.05, 4.69) is 0 Å². The molecule has 1 aliphatic carbocycles. The van der Waals surface area contributed by atoms with Crippen molar-refractivity contribution in [3.8, 4) is 0 Å². The Bertz CT molecular complexity index is 480. The molecule has 5 heteroatoms. The van der Waals surface area contributed by atoms with E-state index in [-0.39, 0.29) is 5.78 Å². The molecular weight excluding hydrogens is 213 g/mol. The third-order valence-corrected chi connectivity index (χ3v) is 3.12. The van der Waals surface area contributed by atoms with E-state index in [1.807, 2.05) is 0 Å². The van der Waals surface area contributed by atoms with Gasteiger partial charge >= 0.3 is 5.69 Å². The number of nitrogens with zero attached hydrogens (tertiary/aromatic N) is 1. The summed E-state index contributed by atoms with van der Waals surface area (Å²) in [6.45, 7) is 1.46. The molecule has 0 spiro atoms. The molecule has 1 saturated carbocycles. The van der Waals surface area contributed by atoms with Crippen LogP contribution in [0.5, 0.6) is 0 Å². The van der Waals surface area contributed by atoms with Crippen LogP contribution < -0.4 is 0 Å². The van der Waals surface area contributed by atoms with Crippen LogP contribution in [-0.2, 0) is 10.2 Å². The zero-order valence-corrected chi connectivity index (χ0v) is 8.70. The molecule has 0 atom stereocenters. The van der Waals surface area contributed by atoms with Gasteiger partial charge in [0.25, 0.3) is 0 Å². The Balaban J connectivity index is 2.48. The van der Waals surface area contributed by atoms with Crippen LogP contribution in [0.4, 0.5) is 10.1 Å². The standard InChI is InChI=1S/C11H10FNO3/c1-7(14)11(4-5-11)8-2-3-9(12)10(6-8)13(15)16/h2-3,6H,4-5H2,1H3. The Labute approximate surface area is 91.2 Å². The first-order valence-electron chi connectivity index (χ1n) is 4.93. The van der Waals surface area contributed by atoms with Crippen molar-refractivity contribution in [3.63, 3.8) is 0 Å². The van der Waals surface area contributed by atoms with Crippen LogP contribution in [0.3, 0.4) is 0 Å². The zero-order valence-electron chi connectivity index (χ0n) is 8.70. The van der Waals surface area contributed by atoms with Crippen molar-refractivity contribution in [1.29, 1.82) is 0 Å². The number of carbonyl (C=O) groups excluding carboxylic acids is 1. The van der Waals surface area contributed by atoms with Gasteiger partial charge in [0, 0.05) is 6.07 Å². The number of nitro benzene ring substituents is 1. The molecule has 1 aromatic carbocycles. The Hall–Kier alpha value is -1.78. The molecule has 0 aromatic heterocycles. The number of hydrogen-bond donors (Lipinski definition) is 0. The van der Waals surface area contributed by atoms with E-state index >= 15 is 0 Å². The third-order valence-electron chi connectivity index (χ3n) is 3.12. The fraction of sp³-hybridized carbons (Fsp3) is 0.364. The number of rotatable bonds is 3. The van der Waals surface area contributed by atoms with Gasteiger partial charge in [-0.3, -0.25) is 14.9 Å². The number of carbonyl (C=O) groups is 1. The molecule has 1 aromatic rings. The van der Waals surface area contributed by atoms with Gasteiger partial charge in [0.2, 0.25) is 5.82 Å². The van der Waals surface area contributed by atoms with E-state index in [4.69, 9.17) is 0 Å². The van der Waals surface area contributed by atoms with Gasteiger partial charge < -0.3 is 0 Å². The molecule has 1 fully saturated rings. The molecule has 0 N–H and O–H groups in total. The predicted molar refractivity (Wildman–Crippen MR) is 54.6 cm³/mol. The molecule has 16 heavy (non-hydrogen) atoms. The van der Waals surface area contributed by atoms with Crippen molar-refractivity contribution in [2.24, 2.45) is 0 Å². The average molecular weight is 223 g/mol. The number of ketones is 1. The minimum atomic E-state index is -0.867. The van der Waals surface area contributed by atoms with Gasteiger partial charge in [0.1, 0.15) is 5.78 Å². The van der Waals surface area contributed by atoms with E-state index in [9.17, 15) is 19.3 Å². The fourth-order valence-corrected chi connectivity index (χ4v) is 1.92. The van der Waals surface area contributed by atoms with Gasteiger partial charge in [0.15, 0.2) is 0 Å². The fourth-order valence-electron chi connectivity index (χ4n) is 1.92. The van der Waals surface area contributed by atoms with Crippen molar-refractivity contribution < 1.29 is 14.1 Å². The SMILES string of the molecule is CC(=O)C1(c2ccc(F)c([N+](=O)[O-])c2)CC1. The van der Waals surface area contributed by atoms with Gasteiger partial charge in [-0.25, -0.2) is 0 Å². The highest BCUT2D eigenvalue weighted by molar-refractivity contribution is 5.91. The van der Waals surface area contributed by atoms with E-state index < -0.39 is 21.8 Å². The van der Waals surface area contributed by atoms with Crippen LogP contribution in [0.1, 0.15) is 25.3 Å². The molecule has 2 rings (SSSR count). The summed E-state index contributed by atoms with van der Waals surface area (Å²) in [4.78, 5) is 21.2. The molecule has 1 aliphatic rings. The number of halogens is 1. The summed E-state index contributed by atoms with van der Waals surface area (Å²) in [6, 6.07) is 3.68. The second kappa shape index (κ2) is 3.37. The summed E-state index contributed by atoms with van der Waals surface area (Å²) >= 11 is 0. The molecule has 84 valence electrons. The molecule has 0 saturated heterocycles. The maximum Gasteiger partial charge on any atom is 0.305 e. The molecule has 0 amide bonds. The minimum Gasteiger partial charge on any atom is -0.299 e. The third kappa shape index (κ3) is 1.48. The lowest BCUT2D eigenvalue weighted by Gasteiger charge is -2.11. The van der Waals surface area contributed by atoms with E-state index in [1.54, 1.807) is 0 Å². The molecule has 0 bridgehead atoms. The largest absolute Gasteiger partial charge is 0.305 e. The van der Waals surface area contributed by atoms with Crippen molar-refractivity contribution >= 4 is 11.5 Å². The van der Waals surface area contributed by atoms with Gasteiger partial charge in [-0.2, -0.15) is 4.39 Å². The van der Waals surface area contributed by atoms with Crippen LogP contribution >= 0.6 is 0 Å². The topological polar surface area (TPSA) is 60.2 Å². The van der Waals surface area contributed by atoms with Crippen molar-refractivity contribution in [2.75, 3.05) is 0 Å². The summed E-state index contributed by atoms with van der Waals surface area (Å²) in [6.07, 6.45) is 1.37. The van der Waals surface area contributed by atoms with Gasteiger partial charge in [-0.05, 0) is 31.4 Å². The number of benzene rings is 1. The van der Waals surface area contributed by atoms with Gasteiger partial charge in [-0.15, -0.1) is 0 Å². The highest BCUT2D eigenvalue weighted by Gasteiger charge is 2.49. The molecule has 4 nitrogen and oxygen atoms in total. The lowest BCUT2D eigenvalue weighted by molar-refractivity contribution is -0.387. The number of hydrogen-bond acceptors (Lipinski definition) is 3. The summed E-state index contributed by atoms with van der Waals surface area (Å²) in [5, 5.41) is 10.6. The monoisotopic (exact) mass is 223 g/mol. The smallest absolute Gasteiger partial charge is 0.299 e. The molecule has 0 unspecified atom stereocenters. The van der Waals surface area contributed by atoms with Crippen LogP contribution in [0.15, 0.2) is 18.2 Å². The predicted octanol–water partition coefficient (Wildman–Crippen LogP) is 2.35. The quantitative estimate of drug-likeness (QED) is 0.583. The maximum atomic E-state index is 13.1. The number of Topliss-reactive ketones (excluding diaryl/α,β-unsaturated/α-hetero) is 1. The zero-order chi connectivity index (χ0) is 11.9. The Morgan fingerprint density at radius 2 is 2.12 bits per heavy atom. The Morgan fingerprint density at radius 1 is 1.50 bits per heavy atom. The summed E-state index contributed by atoms with van der Waals surface area (Å²) in [5.74, 6) is -0.887. The second-order valence-corrected chi connectivity index (χ2v) is 4.06. The van der Waals surface area contributed by atoms with Gasteiger partial charge in [0.05, 0.1) is 10.3 Å². The van der Waals surface area contributed by atoms with Crippen LogP contribution in [0, 0.1) is 15.9 Å². The highest BCUT2D eigenvalue weighted by Crippen LogP contribution is 2.49. The van der Waals surface area contributed by atoms with Crippen LogP contribution in [0.25, 0.3) is 0 Å². The first-order chi connectivity index (χ1) is 7.47. The van der Waals surface area contributed by atoms with E-state index in [0.717, 1.165) is 6.07 Å². The number of nitro groups is 1. The van der Waals surface area contributed by atoms with Crippen molar-refractivity contribution in [3.05, 3.63) is 39.7 Å². The second-order valence-electron chi connectivity index (χ2n) is 4.06. The summed E-state index contributed by atoms with van der Waals surface area (Å²) in [7, 11) is 0. The lowest BCUT2D eigenvalue weighted by Crippen LogP contribution is -2.17. The summed E-state index contributed by atoms with van der Waals surface area (Å²) in [5.41, 5.74) is -0.614. The highest BCUT2D eigenvalue weighted by atomic mass is 19.1. The maximum absolute atomic E-state index is 13.1. The normalized spacial score (nSPS) is 16.9. The van der Waals surface area contributed by atoms with Crippen molar-refractivity contribution in [1.82, 2.24) is 0 Å². The molecule has 0 radical (unpaired) electrons. The minimum absolute atomic E-state index is 0.0200. The Morgan fingerprint density at radius 3 is 2.56 bits per heavy atom. The van der Waals surface area contributed by atoms with E-state index in [0.29, 0.717) is 18.4 Å². The first kappa shape index (κ1) is 10.7. The van der Waals surface area contributed by atoms with Gasteiger partial charge in [-0.1, -0.05) is 6.07 Å². The summed E-state index contributed by atoms with van der Waals surface area (Å²) < 4.78 is 13.1. The molecular formula is C11H10FNO3. The molecule has 0 heterocycles. The van der Waals surface area contributed by atoms with Crippen LogP contribution in [0.2, 0.25) is 0 Å². The molecule has 0 aliphatic heterocycles. The Kier molecular flexibility index (Phi) is 2.26.